The fraction of sp³-hybridized carbons (Fsp3) is 0.231. The number of carbonyl (C=O) groups is 1. The molecule has 1 heterocycles. The number of hydrogen-bond donors (Lipinski definition) is 1. The summed E-state index contributed by atoms with van der Waals surface area (Å²) in [6, 6.07) is 7.95. The Morgan fingerprint density at radius 1 is 1.38 bits per heavy atom. The first-order valence-corrected chi connectivity index (χ1v) is 5.22. The maximum Gasteiger partial charge on any atom is 0.303 e. The van der Waals surface area contributed by atoms with E-state index in [0.717, 1.165) is 22.0 Å². The molecule has 2 aromatic rings. The molecule has 3 nitrogen and oxygen atoms in total. The Kier molecular flexibility index (Phi) is 2.86. The summed E-state index contributed by atoms with van der Waals surface area (Å²) in [6.45, 7) is 2.00. The van der Waals surface area contributed by atoms with Crippen LogP contribution in [0.3, 0.4) is 0 Å². The second-order valence-electron chi connectivity index (χ2n) is 3.93. The van der Waals surface area contributed by atoms with Crippen molar-refractivity contribution in [1.82, 2.24) is 4.98 Å². The molecule has 1 aromatic heterocycles. The zero-order chi connectivity index (χ0) is 11.5. The third kappa shape index (κ3) is 2.37. The van der Waals surface area contributed by atoms with Crippen LogP contribution in [0.2, 0.25) is 0 Å². The first-order valence-electron chi connectivity index (χ1n) is 5.22. The number of nitrogens with zero attached hydrogens (tertiary/aromatic N) is 1. The number of hydrogen-bond acceptors (Lipinski definition) is 2. The fourth-order valence-corrected chi connectivity index (χ4v) is 1.70. The molecular formula is C13H13NO2. The van der Waals surface area contributed by atoms with Crippen LogP contribution in [0.15, 0.2) is 30.5 Å². The van der Waals surface area contributed by atoms with Crippen LogP contribution in [-0.2, 0) is 11.2 Å². The lowest BCUT2D eigenvalue weighted by Gasteiger charge is -2.02. The number of carboxylic acids is 1. The van der Waals surface area contributed by atoms with Gasteiger partial charge in [0.25, 0.3) is 0 Å². The maximum absolute atomic E-state index is 10.5. The Morgan fingerprint density at radius 2 is 2.19 bits per heavy atom. The van der Waals surface area contributed by atoms with Crippen molar-refractivity contribution in [1.29, 1.82) is 0 Å². The van der Waals surface area contributed by atoms with Gasteiger partial charge < -0.3 is 5.11 Å². The van der Waals surface area contributed by atoms with Crippen molar-refractivity contribution in [2.45, 2.75) is 19.8 Å². The highest BCUT2D eigenvalue weighted by Gasteiger charge is 2.01. The van der Waals surface area contributed by atoms with E-state index in [-0.39, 0.29) is 6.42 Å². The minimum absolute atomic E-state index is 0.171. The largest absolute Gasteiger partial charge is 0.481 e. The lowest BCUT2D eigenvalue weighted by Crippen LogP contribution is -1.97. The Hall–Kier alpha value is -1.90. The predicted molar refractivity (Wildman–Crippen MR) is 62.4 cm³/mol. The van der Waals surface area contributed by atoms with Gasteiger partial charge in [-0.15, -0.1) is 0 Å². The topological polar surface area (TPSA) is 50.2 Å². The first-order chi connectivity index (χ1) is 7.65. The van der Waals surface area contributed by atoms with Gasteiger partial charge in [0.15, 0.2) is 0 Å². The van der Waals surface area contributed by atoms with E-state index >= 15 is 0 Å². The third-order valence-corrected chi connectivity index (χ3v) is 2.51. The van der Waals surface area contributed by atoms with Crippen LogP contribution in [0.1, 0.15) is 17.5 Å². The SMILES string of the molecule is Cc1cnc2ccc(CCC(=O)O)cc2c1. The molecule has 0 saturated carbocycles. The van der Waals surface area contributed by atoms with Gasteiger partial charge in [0.2, 0.25) is 0 Å². The quantitative estimate of drug-likeness (QED) is 0.856. The molecule has 16 heavy (non-hydrogen) atoms. The van der Waals surface area contributed by atoms with Crippen molar-refractivity contribution >= 4 is 16.9 Å². The van der Waals surface area contributed by atoms with E-state index in [2.05, 4.69) is 11.1 Å². The molecule has 0 radical (unpaired) electrons. The molecule has 0 fully saturated rings. The van der Waals surface area contributed by atoms with Gasteiger partial charge in [0.05, 0.1) is 5.52 Å². The molecule has 1 N–H and O–H groups in total. The third-order valence-electron chi connectivity index (χ3n) is 2.51. The number of aliphatic carboxylic acids is 1. The number of carboxylic acid groups (broad SMARTS) is 1. The van der Waals surface area contributed by atoms with Crippen molar-refractivity contribution in [3.8, 4) is 0 Å². The van der Waals surface area contributed by atoms with Gasteiger partial charge >= 0.3 is 5.97 Å². The van der Waals surface area contributed by atoms with E-state index in [1.165, 1.54) is 0 Å². The van der Waals surface area contributed by atoms with Crippen molar-refractivity contribution in [3.05, 3.63) is 41.6 Å². The summed E-state index contributed by atoms with van der Waals surface area (Å²) < 4.78 is 0. The molecule has 3 heteroatoms. The van der Waals surface area contributed by atoms with E-state index in [0.29, 0.717) is 6.42 Å². The molecule has 0 bridgehead atoms. The number of fused-ring (bicyclic) bond motifs is 1. The van der Waals surface area contributed by atoms with Crippen molar-refractivity contribution in [2.75, 3.05) is 0 Å². The fourth-order valence-electron chi connectivity index (χ4n) is 1.70. The molecule has 0 unspecified atom stereocenters. The number of benzene rings is 1. The minimum Gasteiger partial charge on any atom is -0.481 e. The minimum atomic E-state index is -0.762. The monoisotopic (exact) mass is 215 g/mol. The summed E-state index contributed by atoms with van der Waals surface area (Å²) in [5, 5.41) is 9.69. The van der Waals surface area contributed by atoms with Gasteiger partial charge in [-0.1, -0.05) is 6.07 Å². The highest BCUT2D eigenvalue weighted by atomic mass is 16.4. The van der Waals surface area contributed by atoms with Crippen molar-refractivity contribution in [2.24, 2.45) is 0 Å². The average molecular weight is 215 g/mol. The summed E-state index contributed by atoms with van der Waals surface area (Å²) >= 11 is 0. The molecular weight excluding hydrogens is 202 g/mol. The van der Waals surface area contributed by atoms with Crippen LogP contribution in [0, 0.1) is 6.92 Å². The normalized spacial score (nSPS) is 10.6. The van der Waals surface area contributed by atoms with Crippen LogP contribution >= 0.6 is 0 Å². The molecule has 0 aliphatic carbocycles. The number of aromatic nitrogens is 1. The molecule has 0 amide bonds. The summed E-state index contributed by atoms with van der Waals surface area (Å²) in [7, 11) is 0. The van der Waals surface area contributed by atoms with Crippen LogP contribution in [-0.4, -0.2) is 16.1 Å². The standard InChI is InChI=1S/C13H13NO2/c1-9-6-11-7-10(3-5-13(15)16)2-4-12(11)14-8-9/h2,4,6-8H,3,5H2,1H3,(H,15,16). The summed E-state index contributed by atoms with van der Waals surface area (Å²) in [6.07, 6.45) is 2.57. The Bertz CT molecular complexity index is 534. The van der Waals surface area contributed by atoms with Crippen LogP contribution in [0.4, 0.5) is 0 Å². The molecule has 0 aliphatic heterocycles. The van der Waals surface area contributed by atoms with Gasteiger partial charge in [-0.2, -0.15) is 0 Å². The van der Waals surface area contributed by atoms with Gasteiger partial charge in [0.1, 0.15) is 0 Å². The molecule has 2 rings (SSSR count). The second kappa shape index (κ2) is 4.31. The van der Waals surface area contributed by atoms with Gasteiger partial charge in [-0.05, 0) is 42.7 Å². The van der Waals surface area contributed by atoms with Gasteiger partial charge in [0, 0.05) is 18.0 Å². The summed E-state index contributed by atoms with van der Waals surface area (Å²) in [4.78, 5) is 14.8. The molecule has 82 valence electrons. The van der Waals surface area contributed by atoms with Crippen LogP contribution < -0.4 is 0 Å². The smallest absolute Gasteiger partial charge is 0.303 e. The second-order valence-corrected chi connectivity index (χ2v) is 3.93. The molecule has 1 aromatic carbocycles. The molecule has 0 aliphatic rings. The molecule has 0 saturated heterocycles. The van der Waals surface area contributed by atoms with E-state index in [1.807, 2.05) is 31.3 Å². The highest BCUT2D eigenvalue weighted by Crippen LogP contribution is 2.16. The average Bonchev–Trinajstić information content (AvgIpc) is 2.25. The van der Waals surface area contributed by atoms with E-state index in [1.54, 1.807) is 0 Å². The van der Waals surface area contributed by atoms with Gasteiger partial charge in [-0.25, -0.2) is 0 Å². The lowest BCUT2D eigenvalue weighted by atomic mass is 10.1. The van der Waals surface area contributed by atoms with E-state index in [4.69, 9.17) is 5.11 Å². The number of pyridine rings is 1. The lowest BCUT2D eigenvalue weighted by molar-refractivity contribution is -0.136. The van der Waals surface area contributed by atoms with E-state index < -0.39 is 5.97 Å². The number of rotatable bonds is 3. The van der Waals surface area contributed by atoms with Gasteiger partial charge in [-0.3, -0.25) is 9.78 Å². The van der Waals surface area contributed by atoms with Crippen molar-refractivity contribution in [3.63, 3.8) is 0 Å². The zero-order valence-electron chi connectivity index (χ0n) is 9.10. The zero-order valence-corrected chi connectivity index (χ0v) is 9.10. The maximum atomic E-state index is 10.5. The Labute approximate surface area is 93.7 Å². The van der Waals surface area contributed by atoms with Crippen LogP contribution in [0.25, 0.3) is 10.9 Å². The van der Waals surface area contributed by atoms with Crippen molar-refractivity contribution < 1.29 is 9.90 Å². The molecule has 0 spiro atoms. The first kappa shape index (κ1) is 10.6. The predicted octanol–water partition coefficient (Wildman–Crippen LogP) is 2.56. The van der Waals surface area contributed by atoms with Crippen LogP contribution in [0.5, 0.6) is 0 Å². The summed E-state index contributed by atoms with van der Waals surface area (Å²) in [5.41, 5.74) is 3.11. The van der Waals surface area contributed by atoms with E-state index in [9.17, 15) is 4.79 Å². The highest BCUT2D eigenvalue weighted by molar-refractivity contribution is 5.79. The summed E-state index contributed by atoms with van der Waals surface area (Å²) in [5.74, 6) is -0.762. The Morgan fingerprint density at radius 3 is 2.94 bits per heavy atom. The molecule has 0 atom stereocenters. The number of aryl methyl sites for hydroxylation is 2. The Balaban J connectivity index is 2.31.